The predicted octanol–water partition coefficient (Wildman–Crippen LogP) is 4.43. The summed E-state index contributed by atoms with van der Waals surface area (Å²) in [4.78, 5) is 10.5. The van der Waals surface area contributed by atoms with Gasteiger partial charge in [-0.1, -0.05) is 0 Å². The zero-order chi connectivity index (χ0) is 14.0. The van der Waals surface area contributed by atoms with Crippen molar-refractivity contribution >= 4 is 27.3 Å². The molecule has 2 aromatic rings. The second kappa shape index (κ2) is 5.44. The van der Waals surface area contributed by atoms with E-state index in [1.165, 1.54) is 6.07 Å². The Labute approximate surface area is 118 Å². The van der Waals surface area contributed by atoms with E-state index in [0.717, 1.165) is 11.4 Å². The van der Waals surface area contributed by atoms with Crippen LogP contribution in [-0.2, 0) is 0 Å². The van der Waals surface area contributed by atoms with E-state index < -0.39 is 0 Å². The fourth-order valence-corrected chi connectivity index (χ4v) is 2.27. The highest BCUT2D eigenvalue weighted by molar-refractivity contribution is 9.10. The number of halogens is 1. The van der Waals surface area contributed by atoms with Crippen LogP contribution in [0.3, 0.4) is 0 Å². The van der Waals surface area contributed by atoms with Gasteiger partial charge < -0.3 is 9.73 Å². The van der Waals surface area contributed by atoms with Crippen molar-refractivity contribution < 1.29 is 9.34 Å². The van der Waals surface area contributed by atoms with Crippen molar-refractivity contribution in [2.24, 2.45) is 0 Å². The van der Waals surface area contributed by atoms with Gasteiger partial charge in [-0.25, -0.2) is 0 Å². The molecule has 2 rings (SSSR count). The van der Waals surface area contributed by atoms with Gasteiger partial charge in [0.15, 0.2) is 0 Å². The van der Waals surface area contributed by atoms with E-state index >= 15 is 0 Å². The minimum Gasteiger partial charge on any atom is -0.467 e. The van der Waals surface area contributed by atoms with E-state index in [4.69, 9.17) is 4.42 Å². The summed E-state index contributed by atoms with van der Waals surface area (Å²) in [6.07, 6.45) is 1.61. The molecule has 100 valence electrons. The molecule has 1 heterocycles. The Hall–Kier alpha value is -1.82. The summed E-state index contributed by atoms with van der Waals surface area (Å²) in [6.45, 7) is 3.68. The van der Waals surface area contributed by atoms with E-state index in [2.05, 4.69) is 21.2 Å². The average Bonchev–Trinajstić information content (AvgIpc) is 2.86. The summed E-state index contributed by atoms with van der Waals surface area (Å²) in [5, 5.41) is 14.1. The van der Waals surface area contributed by atoms with Crippen LogP contribution in [0.25, 0.3) is 0 Å². The van der Waals surface area contributed by atoms with E-state index in [1.807, 2.05) is 19.1 Å². The molecular weight excluding hydrogens is 312 g/mol. The molecule has 6 heteroatoms. The summed E-state index contributed by atoms with van der Waals surface area (Å²) in [5.74, 6) is 0.808. The van der Waals surface area contributed by atoms with Gasteiger partial charge in [-0.2, -0.15) is 0 Å². The number of aryl methyl sites for hydroxylation is 1. The first kappa shape index (κ1) is 13.6. The monoisotopic (exact) mass is 324 g/mol. The van der Waals surface area contributed by atoms with Crippen LogP contribution in [0.2, 0.25) is 0 Å². The Morgan fingerprint density at radius 1 is 1.47 bits per heavy atom. The lowest BCUT2D eigenvalue weighted by Crippen LogP contribution is -2.06. The number of nitro groups is 1. The number of rotatable bonds is 4. The van der Waals surface area contributed by atoms with Gasteiger partial charge >= 0.3 is 0 Å². The number of furan rings is 1. The number of hydrogen-bond donors (Lipinski definition) is 1. The van der Waals surface area contributed by atoms with Gasteiger partial charge in [0.2, 0.25) is 0 Å². The third-order valence-corrected chi connectivity index (χ3v) is 3.48. The fraction of sp³-hybridized carbons (Fsp3) is 0.231. The number of anilines is 1. The van der Waals surface area contributed by atoms with Crippen LogP contribution in [0.4, 0.5) is 11.4 Å². The average molecular weight is 325 g/mol. The number of nitrogens with one attached hydrogen (secondary N) is 1. The van der Waals surface area contributed by atoms with Crippen molar-refractivity contribution in [2.75, 3.05) is 5.32 Å². The molecule has 0 saturated carbocycles. The maximum absolute atomic E-state index is 10.8. The fourth-order valence-electron chi connectivity index (χ4n) is 1.82. The molecule has 1 unspecified atom stereocenters. The molecular formula is C13H13BrN2O3. The van der Waals surface area contributed by atoms with Crippen LogP contribution >= 0.6 is 15.9 Å². The highest BCUT2D eigenvalue weighted by Crippen LogP contribution is 2.32. The Kier molecular flexibility index (Phi) is 3.90. The smallest absolute Gasteiger partial charge is 0.273 e. The highest BCUT2D eigenvalue weighted by Gasteiger charge is 2.16. The first-order chi connectivity index (χ1) is 8.99. The normalized spacial score (nSPS) is 12.2. The summed E-state index contributed by atoms with van der Waals surface area (Å²) in [5.41, 5.74) is 1.51. The Morgan fingerprint density at radius 3 is 2.79 bits per heavy atom. The largest absolute Gasteiger partial charge is 0.467 e. The molecule has 0 aliphatic carbocycles. The van der Waals surface area contributed by atoms with Crippen LogP contribution in [0.5, 0.6) is 0 Å². The number of benzene rings is 1. The number of nitro benzene ring substituents is 1. The third kappa shape index (κ3) is 2.96. The van der Waals surface area contributed by atoms with Crippen molar-refractivity contribution in [3.05, 3.63) is 56.4 Å². The predicted molar refractivity (Wildman–Crippen MR) is 76.3 cm³/mol. The van der Waals surface area contributed by atoms with Crippen molar-refractivity contribution in [2.45, 2.75) is 19.9 Å². The summed E-state index contributed by atoms with van der Waals surface area (Å²) in [6, 6.07) is 6.94. The van der Waals surface area contributed by atoms with Gasteiger partial charge in [-0.15, -0.1) is 0 Å². The number of nitrogens with zero attached hydrogens (tertiary/aromatic N) is 1. The Bertz CT molecular complexity index is 596. The lowest BCUT2D eigenvalue weighted by atomic mass is 10.1. The molecule has 0 aliphatic heterocycles. The molecule has 19 heavy (non-hydrogen) atoms. The lowest BCUT2D eigenvalue weighted by Gasteiger charge is -2.15. The lowest BCUT2D eigenvalue weighted by molar-refractivity contribution is -0.385. The summed E-state index contributed by atoms with van der Waals surface area (Å²) in [7, 11) is 0. The van der Waals surface area contributed by atoms with Gasteiger partial charge in [-0.3, -0.25) is 10.1 Å². The third-order valence-electron chi connectivity index (χ3n) is 2.82. The first-order valence-electron chi connectivity index (χ1n) is 5.73. The quantitative estimate of drug-likeness (QED) is 0.667. The van der Waals surface area contributed by atoms with Gasteiger partial charge in [0.05, 0.1) is 17.2 Å². The van der Waals surface area contributed by atoms with E-state index in [0.29, 0.717) is 10.0 Å². The summed E-state index contributed by atoms with van der Waals surface area (Å²) >= 11 is 3.34. The van der Waals surface area contributed by atoms with Crippen LogP contribution in [0, 0.1) is 17.0 Å². The zero-order valence-corrected chi connectivity index (χ0v) is 12.1. The molecule has 0 saturated heterocycles. The molecule has 0 bridgehead atoms. The summed E-state index contributed by atoms with van der Waals surface area (Å²) < 4.78 is 5.97. The van der Waals surface area contributed by atoms with Crippen molar-refractivity contribution in [3.63, 3.8) is 0 Å². The van der Waals surface area contributed by atoms with E-state index in [-0.39, 0.29) is 16.7 Å². The second-order valence-electron chi connectivity index (χ2n) is 4.26. The second-order valence-corrected chi connectivity index (χ2v) is 5.11. The van der Waals surface area contributed by atoms with Crippen LogP contribution in [0.15, 0.2) is 39.4 Å². The first-order valence-corrected chi connectivity index (χ1v) is 6.53. The van der Waals surface area contributed by atoms with Crippen LogP contribution in [-0.4, -0.2) is 4.92 Å². The van der Waals surface area contributed by atoms with Crippen LogP contribution in [0.1, 0.15) is 24.3 Å². The topological polar surface area (TPSA) is 68.3 Å². The molecule has 5 nitrogen and oxygen atoms in total. The van der Waals surface area contributed by atoms with Crippen LogP contribution < -0.4 is 5.32 Å². The molecule has 1 aromatic heterocycles. The Morgan fingerprint density at radius 2 is 2.21 bits per heavy atom. The van der Waals surface area contributed by atoms with E-state index in [1.54, 1.807) is 19.3 Å². The molecule has 0 radical (unpaired) electrons. The van der Waals surface area contributed by atoms with Gasteiger partial charge in [0.1, 0.15) is 5.76 Å². The van der Waals surface area contributed by atoms with E-state index in [9.17, 15) is 10.1 Å². The molecule has 0 fully saturated rings. The SMILES string of the molecule is Cc1cc(NC(C)c2ccco2)c(Br)cc1[N+](=O)[O-]. The van der Waals surface area contributed by atoms with Gasteiger partial charge in [0.25, 0.3) is 5.69 Å². The van der Waals surface area contributed by atoms with Crippen molar-refractivity contribution in [1.29, 1.82) is 0 Å². The van der Waals surface area contributed by atoms with Crippen molar-refractivity contribution in [1.82, 2.24) is 0 Å². The maximum Gasteiger partial charge on any atom is 0.273 e. The van der Waals surface area contributed by atoms with Crippen molar-refractivity contribution in [3.8, 4) is 0 Å². The van der Waals surface area contributed by atoms with Gasteiger partial charge in [0, 0.05) is 21.8 Å². The molecule has 0 amide bonds. The standard InChI is InChI=1S/C13H13BrN2O3/c1-8-6-11(10(14)7-12(8)16(17)18)15-9(2)13-4-3-5-19-13/h3-7,9,15H,1-2H3. The maximum atomic E-state index is 10.8. The molecule has 1 N–H and O–H groups in total. The minimum absolute atomic E-state index is 0.0212. The molecule has 0 aliphatic rings. The molecule has 1 atom stereocenters. The Balaban J connectivity index is 2.26. The number of hydrogen-bond acceptors (Lipinski definition) is 4. The van der Waals surface area contributed by atoms with Gasteiger partial charge in [-0.05, 0) is 48.0 Å². The zero-order valence-electron chi connectivity index (χ0n) is 10.5. The molecule has 0 spiro atoms. The molecule has 1 aromatic carbocycles. The minimum atomic E-state index is -0.389. The highest BCUT2D eigenvalue weighted by atomic mass is 79.9.